The number of amides is 1. The van der Waals surface area contributed by atoms with Crippen LogP contribution in [0.25, 0.3) is 11.1 Å². The van der Waals surface area contributed by atoms with Crippen LogP contribution in [0.5, 0.6) is 0 Å². The molecule has 1 atom stereocenters. The number of carbonyl (C=O) groups is 1. The highest BCUT2D eigenvalue weighted by atomic mass is 32.1. The molecular weight excluding hydrogens is 370 g/mol. The highest BCUT2D eigenvalue weighted by Gasteiger charge is 2.31. The van der Waals surface area contributed by atoms with Crippen molar-refractivity contribution in [3.05, 3.63) is 76.2 Å². The molecule has 5 nitrogen and oxygen atoms in total. The zero-order chi connectivity index (χ0) is 18.9. The number of fused-ring (bicyclic) bond motifs is 3. The van der Waals surface area contributed by atoms with Gasteiger partial charge in [0.15, 0.2) is 0 Å². The molecule has 0 spiro atoms. The maximum absolute atomic E-state index is 12.8. The third kappa shape index (κ3) is 3.08. The van der Waals surface area contributed by atoms with Gasteiger partial charge in [-0.3, -0.25) is 0 Å². The van der Waals surface area contributed by atoms with Crippen LogP contribution < -0.4 is 5.32 Å². The third-order valence-corrected chi connectivity index (χ3v) is 6.18. The van der Waals surface area contributed by atoms with Gasteiger partial charge in [0.05, 0.1) is 17.2 Å². The van der Waals surface area contributed by atoms with Crippen LogP contribution in [0.2, 0.25) is 0 Å². The van der Waals surface area contributed by atoms with Gasteiger partial charge < -0.3 is 15.0 Å². The molecule has 1 saturated heterocycles. The Kier molecular flexibility index (Phi) is 4.58. The number of nitrogens with one attached hydrogen (secondary N) is 1. The summed E-state index contributed by atoms with van der Waals surface area (Å²) in [4.78, 5) is 18.9. The van der Waals surface area contributed by atoms with E-state index in [-0.39, 0.29) is 18.1 Å². The standard InChI is InChI=1S/C22H21N3O2S/c26-22(25-10-9-23-20(11-25)21-13-28-14-24-21)27-12-19-17-7-3-1-5-15(17)16-6-2-4-8-18(16)19/h1-8,13-14,19-20,23H,9-12H2. The molecule has 3 aromatic rings. The number of hydrogen-bond acceptors (Lipinski definition) is 5. The Balaban J connectivity index is 1.29. The van der Waals surface area contributed by atoms with Crippen molar-refractivity contribution in [3.63, 3.8) is 0 Å². The number of carbonyl (C=O) groups excluding carboxylic acids is 1. The van der Waals surface area contributed by atoms with Gasteiger partial charge in [-0.25, -0.2) is 9.78 Å². The van der Waals surface area contributed by atoms with Crippen molar-refractivity contribution in [3.8, 4) is 11.1 Å². The molecule has 0 radical (unpaired) electrons. The van der Waals surface area contributed by atoms with Gasteiger partial charge in [0.2, 0.25) is 0 Å². The molecule has 1 unspecified atom stereocenters. The average Bonchev–Trinajstić information content (AvgIpc) is 3.39. The Morgan fingerprint density at radius 3 is 2.54 bits per heavy atom. The van der Waals surface area contributed by atoms with Gasteiger partial charge in [0, 0.05) is 30.9 Å². The van der Waals surface area contributed by atoms with E-state index in [4.69, 9.17) is 4.74 Å². The number of aromatic nitrogens is 1. The van der Waals surface area contributed by atoms with E-state index in [9.17, 15) is 4.79 Å². The summed E-state index contributed by atoms with van der Waals surface area (Å²) in [5.74, 6) is 0.0913. The molecule has 1 amide bonds. The molecule has 1 N–H and O–H groups in total. The van der Waals surface area contributed by atoms with Crippen LogP contribution in [-0.4, -0.2) is 42.2 Å². The van der Waals surface area contributed by atoms with Crippen LogP contribution in [0, 0.1) is 0 Å². The summed E-state index contributed by atoms with van der Waals surface area (Å²) in [7, 11) is 0. The number of rotatable bonds is 3. The summed E-state index contributed by atoms with van der Waals surface area (Å²) in [6.07, 6.45) is -0.247. The Morgan fingerprint density at radius 1 is 1.14 bits per heavy atom. The summed E-state index contributed by atoms with van der Waals surface area (Å²) in [6, 6.07) is 16.8. The van der Waals surface area contributed by atoms with Crippen molar-refractivity contribution < 1.29 is 9.53 Å². The van der Waals surface area contributed by atoms with Crippen LogP contribution in [0.15, 0.2) is 59.4 Å². The lowest BCUT2D eigenvalue weighted by molar-refractivity contribution is 0.0880. The predicted octanol–water partition coefficient (Wildman–Crippen LogP) is 4.04. The van der Waals surface area contributed by atoms with E-state index < -0.39 is 0 Å². The second-order valence-electron chi connectivity index (χ2n) is 7.17. The van der Waals surface area contributed by atoms with Gasteiger partial charge in [0.25, 0.3) is 0 Å². The van der Waals surface area contributed by atoms with E-state index in [1.54, 1.807) is 16.2 Å². The Bertz CT molecular complexity index is 943. The number of benzene rings is 2. The molecule has 6 heteroatoms. The van der Waals surface area contributed by atoms with E-state index in [0.29, 0.717) is 19.7 Å². The number of nitrogens with zero attached hydrogens (tertiary/aromatic N) is 2. The van der Waals surface area contributed by atoms with Crippen molar-refractivity contribution >= 4 is 17.4 Å². The molecule has 2 aromatic carbocycles. The lowest BCUT2D eigenvalue weighted by Crippen LogP contribution is -2.48. The molecule has 1 aliphatic heterocycles. The van der Waals surface area contributed by atoms with Crippen molar-refractivity contribution in [1.82, 2.24) is 15.2 Å². The minimum absolute atomic E-state index is 0.0699. The van der Waals surface area contributed by atoms with Crippen LogP contribution in [0.4, 0.5) is 4.79 Å². The Labute approximate surface area is 168 Å². The number of piperazine rings is 1. The number of thiazole rings is 1. The van der Waals surface area contributed by atoms with Gasteiger partial charge in [0.1, 0.15) is 6.61 Å². The first-order chi connectivity index (χ1) is 13.8. The zero-order valence-electron chi connectivity index (χ0n) is 15.4. The summed E-state index contributed by atoms with van der Waals surface area (Å²) in [6.45, 7) is 2.34. The summed E-state index contributed by atoms with van der Waals surface area (Å²) in [5, 5.41) is 5.45. The number of hydrogen-bond donors (Lipinski definition) is 1. The first-order valence-electron chi connectivity index (χ1n) is 9.52. The zero-order valence-corrected chi connectivity index (χ0v) is 16.2. The van der Waals surface area contributed by atoms with Gasteiger partial charge in [-0.2, -0.15) is 0 Å². The van der Waals surface area contributed by atoms with E-state index >= 15 is 0 Å². The molecule has 5 rings (SSSR count). The van der Waals surface area contributed by atoms with E-state index in [1.807, 2.05) is 23.0 Å². The first-order valence-corrected chi connectivity index (χ1v) is 10.5. The van der Waals surface area contributed by atoms with Crippen LogP contribution >= 0.6 is 11.3 Å². The third-order valence-electron chi connectivity index (χ3n) is 5.58. The highest BCUT2D eigenvalue weighted by molar-refractivity contribution is 7.07. The van der Waals surface area contributed by atoms with Crippen molar-refractivity contribution in [2.24, 2.45) is 0 Å². The molecule has 2 aliphatic rings. The van der Waals surface area contributed by atoms with Crippen molar-refractivity contribution in [1.29, 1.82) is 0 Å². The van der Waals surface area contributed by atoms with Crippen LogP contribution in [0.1, 0.15) is 28.8 Å². The highest BCUT2D eigenvalue weighted by Crippen LogP contribution is 2.44. The maximum atomic E-state index is 12.8. The molecule has 1 aliphatic carbocycles. The second-order valence-corrected chi connectivity index (χ2v) is 7.89. The lowest BCUT2D eigenvalue weighted by Gasteiger charge is -2.32. The quantitative estimate of drug-likeness (QED) is 0.732. The van der Waals surface area contributed by atoms with Crippen molar-refractivity contribution in [2.45, 2.75) is 12.0 Å². The van der Waals surface area contributed by atoms with E-state index in [1.165, 1.54) is 22.3 Å². The molecule has 142 valence electrons. The summed E-state index contributed by atoms with van der Waals surface area (Å²) < 4.78 is 5.79. The summed E-state index contributed by atoms with van der Waals surface area (Å²) >= 11 is 1.57. The van der Waals surface area contributed by atoms with Gasteiger partial charge in [-0.05, 0) is 22.3 Å². The molecule has 1 fully saturated rings. The Morgan fingerprint density at radius 2 is 1.86 bits per heavy atom. The Hall–Kier alpha value is -2.70. The molecule has 28 heavy (non-hydrogen) atoms. The first kappa shape index (κ1) is 17.4. The van der Waals surface area contributed by atoms with E-state index in [2.05, 4.69) is 46.7 Å². The molecule has 0 bridgehead atoms. The fraction of sp³-hybridized carbons (Fsp3) is 0.273. The largest absolute Gasteiger partial charge is 0.448 e. The topological polar surface area (TPSA) is 54.5 Å². The predicted molar refractivity (Wildman–Crippen MR) is 109 cm³/mol. The smallest absolute Gasteiger partial charge is 0.409 e. The summed E-state index contributed by atoms with van der Waals surface area (Å²) in [5.41, 5.74) is 7.76. The monoisotopic (exact) mass is 391 g/mol. The normalized spacial score (nSPS) is 18.6. The van der Waals surface area contributed by atoms with E-state index in [0.717, 1.165) is 12.2 Å². The molecule has 1 aromatic heterocycles. The molecular formula is C22H21N3O2S. The SMILES string of the molecule is O=C(OCC1c2ccccc2-c2ccccc21)N1CCNC(c2cscn2)C1. The fourth-order valence-corrected chi connectivity index (χ4v) is 4.80. The average molecular weight is 391 g/mol. The van der Waals surface area contributed by atoms with Gasteiger partial charge >= 0.3 is 6.09 Å². The minimum atomic E-state index is -0.247. The minimum Gasteiger partial charge on any atom is -0.448 e. The van der Waals surface area contributed by atoms with Gasteiger partial charge in [-0.15, -0.1) is 11.3 Å². The fourth-order valence-electron chi connectivity index (χ4n) is 4.19. The lowest BCUT2D eigenvalue weighted by atomic mass is 9.98. The second kappa shape index (κ2) is 7.37. The molecule has 0 saturated carbocycles. The van der Waals surface area contributed by atoms with Crippen LogP contribution in [0.3, 0.4) is 0 Å². The molecule has 2 heterocycles. The van der Waals surface area contributed by atoms with Crippen molar-refractivity contribution in [2.75, 3.05) is 26.2 Å². The van der Waals surface area contributed by atoms with Crippen LogP contribution in [-0.2, 0) is 4.74 Å². The maximum Gasteiger partial charge on any atom is 0.409 e. The van der Waals surface area contributed by atoms with Gasteiger partial charge in [-0.1, -0.05) is 48.5 Å². The number of ether oxygens (including phenoxy) is 1.